The summed E-state index contributed by atoms with van der Waals surface area (Å²) in [6.45, 7) is 7.47. The van der Waals surface area contributed by atoms with Gasteiger partial charge in [-0.15, -0.1) is 0 Å². The van der Waals surface area contributed by atoms with Crippen LogP contribution in [0.2, 0.25) is 0 Å². The fourth-order valence-corrected chi connectivity index (χ4v) is 1.81. The molecule has 0 heterocycles. The van der Waals surface area contributed by atoms with Crippen molar-refractivity contribution >= 4 is 0 Å². The molecule has 1 atom stereocenters. The Morgan fingerprint density at radius 1 is 1.22 bits per heavy atom. The van der Waals surface area contributed by atoms with Crippen LogP contribution in [-0.4, -0.2) is 33.5 Å². The minimum Gasteiger partial charge on any atom is -0.385 e. The number of hydrogen-bond acceptors (Lipinski definition) is 3. The highest BCUT2D eigenvalue weighted by molar-refractivity contribution is 5.24. The standard InChI is InChI=1S/C15H25NO2/c1-13-6-4-7-15(12-13)14(2)16-8-11-18-10-5-9-17-3/h4,6-7,12,14,16H,5,8-11H2,1-3H3/t14-/m1/s1. The molecule has 0 bridgehead atoms. The monoisotopic (exact) mass is 251 g/mol. The van der Waals surface area contributed by atoms with Crippen molar-refractivity contribution in [1.82, 2.24) is 5.32 Å². The topological polar surface area (TPSA) is 30.5 Å². The molecule has 1 N–H and O–H groups in total. The predicted octanol–water partition coefficient (Wildman–Crippen LogP) is 2.70. The number of nitrogens with one attached hydrogen (secondary N) is 1. The van der Waals surface area contributed by atoms with Crippen molar-refractivity contribution in [3.05, 3.63) is 35.4 Å². The Morgan fingerprint density at radius 2 is 2.06 bits per heavy atom. The van der Waals surface area contributed by atoms with Crippen LogP contribution in [0.3, 0.4) is 0 Å². The van der Waals surface area contributed by atoms with Gasteiger partial charge in [0.25, 0.3) is 0 Å². The Kier molecular flexibility index (Phi) is 7.65. The summed E-state index contributed by atoms with van der Waals surface area (Å²) in [4.78, 5) is 0. The second-order valence-corrected chi connectivity index (χ2v) is 4.55. The third-order valence-corrected chi connectivity index (χ3v) is 2.88. The third kappa shape index (κ3) is 6.15. The Hall–Kier alpha value is -0.900. The molecule has 0 saturated carbocycles. The van der Waals surface area contributed by atoms with Crippen LogP contribution < -0.4 is 5.32 Å². The average Bonchev–Trinajstić information content (AvgIpc) is 2.37. The molecule has 0 radical (unpaired) electrons. The minimum absolute atomic E-state index is 0.368. The van der Waals surface area contributed by atoms with E-state index >= 15 is 0 Å². The molecular weight excluding hydrogens is 226 g/mol. The lowest BCUT2D eigenvalue weighted by Gasteiger charge is -2.14. The molecule has 1 aromatic carbocycles. The summed E-state index contributed by atoms with van der Waals surface area (Å²) in [5, 5.41) is 3.46. The normalized spacial score (nSPS) is 12.6. The molecule has 0 aromatic heterocycles. The van der Waals surface area contributed by atoms with Gasteiger partial charge in [-0.05, 0) is 25.8 Å². The van der Waals surface area contributed by atoms with Crippen molar-refractivity contribution in [2.45, 2.75) is 26.3 Å². The van der Waals surface area contributed by atoms with E-state index in [1.807, 2.05) is 0 Å². The fraction of sp³-hybridized carbons (Fsp3) is 0.600. The lowest BCUT2D eigenvalue weighted by Crippen LogP contribution is -2.23. The number of ether oxygens (including phenoxy) is 2. The van der Waals surface area contributed by atoms with Crippen molar-refractivity contribution in [2.24, 2.45) is 0 Å². The molecule has 0 fully saturated rings. The van der Waals surface area contributed by atoms with Crippen molar-refractivity contribution in [3.63, 3.8) is 0 Å². The SMILES string of the molecule is COCCCOCCN[C@H](C)c1cccc(C)c1. The second kappa shape index (κ2) is 9.09. The highest BCUT2D eigenvalue weighted by Gasteiger charge is 2.03. The van der Waals surface area contributed by atoms with Gasteiger partial charge in [-0.3, -0.25) is 0 Å². The number of aryl methyl sites for hydroxylation is 1. The number of hydrogen-bond donors (Lipinski definition) is 1. The first-order valence-electron chi connectivity index (χ1n) is 6.60. The molecule has 0 spiro atoms. The van der Waals surface area contributed by atoms with Crippen molar-refractivity contribution in [2.75, 3.05) is 33.5 Å². The first-order chi connectivity index (χ1) is 8.74. The molecule has 3 heteroatoms. The lowest BCUT2D eigenvalue weighted by atomic mass is 10.1. The number of benzene rings is 1. The highest BCUT2D eigenvalue weighted by Crippen LogP contribution is 2.13. The summed E-state index contributed by atoms with van der Waals surface area (Å²) in [5.41, 5.74) is 2.63. The lowest BCUT2D eigenvalue weighted by molar-refractivity contribution is 0.103. The predicted molar refractivity (Wildman–Crippen MR) is 74.9 cm³/mol. The van der Waals surface area contributed by atoms with E-state index in [-0.39, 0.29) is 0 Å². The molecule has 0 aliphatic heterocycles. The maximum Gasteiger partial charge on any atom is 0.0591 e. The van der Waals surface area contributed by atoms with Crippen LogP contribution in [0.15, 0.2) is 24.3 Å². The summed E-state index contributed by atoms with van der Waals surface area (Å²) in [6.07, 6.45) is 0.962. The second-order valence-electron chi connectivity index (χ2n) is 4.55. The number of rotatable bonds is 9. The zero-order valence-electron chi connectivity index (χ0n) is 11.7. The summed E-state index contributed by atoms with van der Waals surface area (Å²) in [6, 6.07) is 8.97. The van der Waals surface area contributed by atoms with Crippen LogP contribution in [0, 0.1) is 6.92 Å². The highest BCUT2D eigenvalue weighted by atomic mass is 16.5. The molecule has 102 valence electrons. The summed E-state index contributed by atoms with van der Waals surface area (Å²) < 4.78 is 10.5. The molecule has 1 rings (SSSR count). The van der Waals surface area contributed by atoms with Gasteiger partial charge in [-0.1, -0.05) is 29.8 Å². The number of methoxy groups -OCH3 is 1. The van der Waals surface area contributed by atoms with E-state index in [1.54, 1.807) is 7.11 Å². The smallest absolute Gasteiger partial charge is 0.0591 e. The molecule has 0 amide bonds. The van der Waals surface area contributed by atoms with E-state index in [1.165, 1.54) is 11.1 Å². The molecule has 0 aliphatic carbocycles. The average molecular weight is 251 g/mol. The van der Waals surface area contributed by atoms with Crippen molar-refractivity contribution < 1.29 is 9.47 Å². The van der Waals surface area contributed by atoms with Gasteiger partial charge in [-0.2, -0.15) is 0 Å². The van der Waals surface area contributed by atoms with Crippen LogP contribution in [0.1, 0.15) is 30.5 Å². The first-order valence-corrected chi connectivity index (χ1v) is 6.60. The largest absolute Gasteiger partial charge is 0.385 e. The van der Waals surface area contributed by atoms with Crippen molar-refractivity contribution in [3.8, 4) is 0 Å². The first kappa shape index (κ1) is 15.2. The van der Waals surface area contributed by atoms with Crippen LogP contribution in [0.5, 0.6) is 0 Å². The van der Waals surface area contributed by atoms with Gasteiger partial charge in [0.2, 0.25) is 0 Å². The molecule has 1 aromatic rings. The van der Waals surface area contributed by atoms with Gasteiger partial charge in [0, 0.05) is 32.9 Å². The van der Waals surface area contributed by atoms with Gasteiger partial charge in [0.05, 0.1) is 6.61 Å². The summed E-state index contributed by atoms with van der Waals surface area (Å²) in [7, 11) is 1.71. The maximum atomic E-state index is 5.50. The van der Waals surface area contributed by atoms with E-state index < -0.39 is 0 Å². The van der Waals surface area contributed by atoms with Gasteiger partial charge in [0.15, 0.2) is 0 Å². The molecule has 3 nitrogen and oxygen atoms in total. The molecular formula is C15H25NO2. The zero-order valence-corrected chi connectivity index (χ0v) is 11.7. The Labute approximate surface area is 110 Å². The summed E-state index contributed by atoms with van der Waals surface area (Å²) in [5.74, 6) is 0. The maximum absolute atomic E-state index is 5.50. The fourth-order valence-electron chi connectivity index (χ4n) is 1.81. The van der Waals surface area contributed by atoms with Crippen LogP contribution in [0.4, 0.5) is 0 Å². The quantitative estimate of drug-likeness (QED) is 0.685. The van der Waals surface area contributed by atoms with E-state index in [4.69, 9.17) is 9.47 Å². The van der Waals surface area contributed by atoms with Crippen LogP contribution in [0.25, 0.3) is 0 Å². The Bertz CT molecular complexity index is 328. The summed E-state index contributed by atoms with van der Waals surface area (Å²) >= 11 is 0. The van der Waals surface area contributed by atoms with Crippen LogP contribution >= 0.6 is 0 Å². The Balaban J connectivity index is 2.12. The van der Waals surface area contributed by atoms with Gasteiger partial charge in [-0.25, -0.2) is 0 Å². The van der Waals surface area contributed by atoms with E-state index in [0.717, 1.165) is 32.8 Å². The zero-order chi connectivity index (χ0) is 13.2. The van der Waals surface area contributed by atoms with E-state index in [9.17, 15) is 0 Å². The minimum atomic E-state index is 0.368. The van der Waals surface area contributed by atoms with E-state index in [2.05, 4.69) is 43.4 Å². The molecule has 0 aliphatic rings. The Morgan fingerprint density at radius 3 is 2.78 bits per heavy atom. The third-order valence-electron chi connectivity index (χ3n) is 2.88. The van der Waals surface area contributed by atoms with Crippen molar-refractivity contribution in [1.29, 1.82) is 0 Å². The van der Waals surface area contributed by atoms with Gasteiger partial charge >= 0.3 is 0 Å². The van der Waals surface area contributed by atoms with Gasteiger partial charge < -0.3 is 14.8 Å². The van der Waals surface area contributed by atoms with E-state index in [0.29, 0.717) is 6.04 Å². The van der Waals surface area contributed by atoms with Crippen LogP contribution in [-0.2, 0) is 9.47 Å². The molecule has 18 heavy (non-hydrogen) atoms. The molecule has 0 unspecified atom stereocenters. The van der Waals surface area contributed by atoms with Gasteiger partial charge in [0.1, 0.15) is 0 Å². The molecule has 0 saturated heterocycles.